The summed E-state index contributed by atoms with van der Waals surface area (Å²) in [4.78, 5) is 23.9. The number of benzene rings is 3. The van der Waals surface area contributed by atoms with E-state index in [0.29, 0.717) is 23.0 Å². The van der Waals surface area contributed by atoms with Gasteiger partial charge in [0.25, 0.3) is 0 Å². The van der Waals surface area contributed by atoms with E-state index in [2.05, 4.69) is 0 Å². The highest BCUT2D eigenvalue weighted by Gasteiger charge is 2.15. The molecule has 3 aromatic carbocycles. The van der Waals surface area contributed by atoms with Crippen LogP contribution in [0.1, 0.15) is 26.3 Å². The van der Waals surface area contributed by atoms with Crippen LogP contribution in [-0.4, -0.2) is 12.1 Å². The van der Waals surface area contributed by atoms with Gasteiger partial charge >= 0.3 is 0 Å². The number of ketones is 1. The van der Waals surface area contributed by atoms with E-state index < -0.39 is 5.82 Å². The number of fused-ring (bicyclic) bond motifs is 1. The molecule has 0 radical (unpaired) electrons. The summed E-state index contributed by atoms with van der Waals surface area (Å²) >= 11 is 0. The molecule has 2 nitrogen and oxygen atoms in total. The zero-order valence-electron chi connectivity index (χ0n) is 11.0. The lowest BCUT2D eigenvalue weighted by Crippen LogP contribution is -2.05. The maximum Gasteiger partial charge on any atom is 0.193 e. The van der Waals surface area contributed by atoms with Gasteiger partial charge in [0, 0.05) is 16.7 Å². The largest absolute Gasteiger partial charge is 0.298 e. The zero-order valence-corrected chi connectivity index (χ0v) is 11.0. The summed E-state index contributed by atoms with van der Waals surface area (Å²) in [6.07, 6.45) is 0.694. The van der Waals surface area contributed by atoms with Crippen LogP contribution in [-0.2, 0) is 0 Å². The van der Waals surface area contributed by atoms with Gasteiger partial charge in [0.05, 0.1) is 0 Å². The van der Waals surface area contributed by atoms with Gasteiger partial charge in [-0.15, -0.1) is 0 Å². The Balaban J connectivity index is 2.18. The van der Waals surface area contributed by atoms with Gasteiger partial charge in [0.1, 0.15) is 5.82 Å². The Bertz CT molecular complexity index is 835. The normalized spacial score (nSPS) is 10.5. The number of aldehydes is 1. The topological polar surface area (TPSA) is 34.1 Å². The minimum Gasteiger partial charge on any atom is -0.298 e. The lowest BCUT2D eigenvalue weighted by atomic mass is 9.94. The first-order valence-corrected chi connectivity index (χ1v) is 6.48. The van der Waals surface area contributed by atoms with Crippen LogP contribution < -0.4 is 0 Å². The average molecular weight is 278 g/mol. The third-order valence-corrected chi connectivity index (χ3v) is 3.44. The smallest absolute Gasteiger partial charge is 0.193 e. The maximum atomic E-state index is 12.9. The Morgan fingerprint density at radius 1 is 0.905 bits per heavy atom. The highest BCUT2D eigenvalue weighted by Crippen LogP contribution is 2.23. The van der Waals surface area contributed by atoms with Gasteiger partial charge in [-0.25, -0.2) is 4.39 Å². The molecule has 0 aliphatic rings. The highest BCUT2D eigenvalue weighted by molar-refractivity contribution is 6.16. The van der Waals surface area contributed by atoms with E-state index in [1.807, 2.05) is 18.2 Å². The Kier molecular flexibility index (Phi) is 3.32. The van der Waals surface area contributed by atoms with Gasteiger partial charge in [-0.05, 0) is 41.1 Å². The standard InChI is InChI=1S/C18H11FO2/c19-14-8-5-13(6-9-14)18(21)16-10-7-12-3-1-2-4-15(12)17(16)11-20/h1-11H. The van der Waals surface area contributed by atoms with Crippen LogP contribution in [0.5, 0.6) is 0 Å². The Labute approximate surface area is 120 Å². The summed E-state index contributed by atoms with van der Waals surface area (Å²) in [5, 5.41) is 1.63. The molecule has 0 heterocycles. The van der Waals surface area contributed by atoms with Crippen molar-refractivity contribution in [2.75, 3.05) is 0 Å². The summed E-state index contributed by atoms with van der Waals surface area (Å²) in [7, 11) is 0. The number of hydrogen-bond donors (Lipinski definition) is 0. The van der Waals surface area contributed by atoms with Crippen LogP contribution in [0, 0.1) is 5.82 Å². The second-order valence-electron chi connectivity index (χ2n) is 4.70. The summed E-state index contributed by atoms with van der Waals surface area (Å²) in [6.45, 7) is 0. The van der Waals surface area contributed by atoms with Crippen LogP contribution in [0.15, 0.2) is 60.7 Å². The third kappa shape index (κ3) is 2.34. The Hall–Kier alpha value is -2.81. The number of carbonyl (C=O) groups is 2. The molecular weight excluding hydrogens is 267 g/mol. The fourth-order valence-corrected chi connectivity index (χ4v) is 2.38. The average Bonchev–Trinajstić information content (AvgIpc) is 2.53. The molecule has 102 valence electrons. The van der Waals surface area contributed by atoms with Crippen molar-refractivity contribution in [3.63, 3.8) is 0 Å². The summed E-state index contributed by atoms with van der Waals surface area (Å²) in [6, 6.07) is 16.1. The number of hydrogen-bond acceptors (Lipinski definition) is 2. The second kappa shape index (κ2) is 5.29. The predicted molar refractivity (Wildman–Crippen MR) is 79.2 cm³/mol. The van der Waals surface area contributed by atoms with Crippen molar-refractivity contribution in [1.29, 1.82) is 0 Å². The van der Waals surface area contributed by atoms with Crippen LogP contribution in [0.2, 0.25) is 0 Å². The van der Waals surface area contributed by atoms with Crippen molar-refractivity contribution >= 4 is 22.8 Å². The molecular formula is C18H11FO2. The molecule has 3 aromatic rings. The monoisotopic (exact) mass is 278 g/mol. The number of rotatable bonds is 3. The maximum absolute atomic E-state index is 12.9. The molecule has 0 spiro atoms. The van der Waals surface area contributed by atoms with Crippen LogP contribution >= 0.6 is 0 Å². The molecule has 0 aliphatic heterocycles. The van der Waals surface area contributed by atoms with Crippen molar-refractivity contribution in [3.8, 4) is 0 Å². The van der Waals surface area contributed by atoms with Gasteiger partial charge in [-0.1, -0.05) is 30.3 Å². The quantitative estimate of drug-likeness (QED) is 0.535. The summed E-state index contributed by atoms with van der Waals surface area (Å²) in [5.41, 5.74) is 1.05. The van der Waals surface area contributed by atoms with Crippen molar-refractivity contribution in [3.05, 3.63) is 83.2 Å². The number of halogens is 1. The zero-order chi connectivity index (χ0) is 14.8. The van der Waals surface area contributed by atoms with Crippen molar-refractivity contribution in [2.24, 2.45) is 0 Å². The van der Waals surface area contributed by atoms with E-state index in [9.17, 15) is 14.0 Å². The Morgan fingerprint density at radius 2 is 1.62 bits per heavy atom. The van der Waals surface area contributed by atoms with Crippen molar-refractivity contribution in [1.82, 2.24) is 0 Å². The molecule has 0 aliphatic carbocycles. The van der Waals surface area contributed by atoms with Gasteiger partial charge in [0.15, 0.2) is 12.1 Å². The summed E-state index contributed by atoms with van der Waals surface area (Å²) in [5.74, 6) is -0.691. The molecule has 3 heteroatoms. The lowest BCUT2D eigenvalue weighted by molar-refractivity contribution is 0.103. The molecule has 0 N–H and O–H groups in total. The molecule has 0 amide bonds. The fourth-order valence-electron chi connectivity index (χ4n) is 2.38. The van der Waals surface area contributed by atoms with Crippen molar-refractivity contribution < 1.29 is 14.0 Å². The van der Waals surface area contributed by atoms with E-state index in [-0.39, 0.29) is 5.78 Å². The lowest BCUT2D eigenvalue weighted by Gasteiger charge is -2.08. The predicted octanol–water partition coefficient (Wildman–Crippen LogP) is 4.02. The van der Waals surface area contributed by atoms with Crippen LogP contribution in [0.25, 0.3) is 10.8 Å². The number of carbonyl (C=O) groups excluding carboxylic acids is 2. The minimum absolute atomic E-state index is 0.289. The molecule has 0 unspecified atom stereocenters. The van der Waals surface area contributed by atoms with Crippen molar-refractivity contribution in [2.45, 2.75) is 0 Å². The summed E-state index contributed by atoms with van der Waals surface area (Å²) < 4.78 is 12.9. The molecule has 0 bridgehead atoms. The molecule has 3 rings (SSSR count). The van der Waals surface area contributed by atoms with Crippen LogP contribution in [0.4, 0.5) is 4.39 Å². The first-order valence-electron chi connectivity index (χ1n) is 6.48. The minimum atomic E-state index is -0.402. The first kappa shape index (κ1) is 13.2. The third-order valence-electron chi connectivity index (χ3n) is 3.44. The molecule has 0 saturated carbocycles. The molecule has 0 aromatic heterocycles. The van der Waals surface area contributed by atoms with Gasteiger partial charge in [-0.2, -0.15) is 0 Å². The first-order chi connectivity index (χ1) is 10.2. The van der Waals surface area contributed by atoms with E-state index in [1.54, 1.807) is 18.2 Å². The highest BCUT2D eigenvalue weighted by atomic mass is 19.1. The molecule has 0 atom stereocenters. The van der Waals surface area contributed by atoms with Gasteiger partial charge in [-0.3, -0.25) is 9.59 Å². The fraction of sp³-hybridized carbons (Fsp3) is 0. The molecule has 21 heavy (non-hydrogen) atoms. The van der Waals surface area contributed by atoms with E-state index in [4.69, 9.17) is 0 Å². The van der Waals surface area contributed by atoms with Gasteiger partial charge < -0.3 is 0 Å². The van der Waals surface area contributed by atoms with Gasteiger partial charge in [0.2, 0.25) is 0 Å². The van der Waals surface area contributed by atoms with E-state index in [1.165, 1.54) is 24.3 Å². The van der Waals surface area contributed by atoms with E-state index in [0.717, 1.165) is 10.8 Å². The van der Waals surface area contributed by atoms with E-state index >= 15 is 0 Å². The molecule has 0 fully saturated rings. The Morgan fingerprint density at radius 3 is 2.33 bits per heavy atom. The second-order valence-corrected chi connectivity index (χ2v) is 4.70. The van der Waals surface area contributed by atoms with Crippen LogP contribution in [0.3, 0.4) is 0 Å². The SMILES string of the molecule is O=Cc1c(C(=O)c2ccc(F)cc2)ccc2ccccc12. The molecule has 0 saturated heterocycles.